The number of benzene rings is 2. The van der Waals surface area contributed by atoms with E-state index in [1.165, 1.54) is 22.0 Å². The molecular weight excluding hydrogens is 412 g/mol. The van der Waals surface area contributed by atoms with E-state index in [0.717, 1.165) is 21.1 Å². The van der Waals surface area contributed by atoms with Gasteiger partial charge in [-0.3, -0.25) is 20.1 Å². The number of rotatable bonds is 2. The minimum absolute atomic E-state index is 0.109. The van der Waals surface area contributed by atoms with Crippen LogP contribution in [0.15, 0.2) is 94.3 Å². The van der Waals surface area contributed by atoms with Crippen molar-refractivity contribution in [3.8, 4) is 0 Å². The lowest BCUT2D eigenvalue weighted by atomic mass is 10.2. The number of anilines is 1. The topological polar surface area (TPSA) is 60.3 Å². The van der Waals surface area contributed by atoms with E-state index >= 15 is 0 Å². The molecule has 1 saturated heterocycles. The van der Waals surface area contributed by atoms with Crippen LogP contribution in [0.25, 0.3) is 10.9 Å². The van der Waals surface area contributed by atoms with Crippen molar-refractivity contribution in [2.24, 2.45) is 0 Å². The van der Waals surface area contributed by atoms with E-state index in [4.69, 9.17) is 5.41 Å². The van der Waals surface area contributed by atoms with Gasteiger partial charge in [0.25, 0.3) is 5.91 Å². The van der Waals surface area contributed by atoms with Crippen LogP contribution in [0.4, 0.5) is 5.69 Å². The SMILES string of the molecule is C=CCN1C(=N)S/C(=C2\Sc3ccccc3N2C)C1=O.c1ccc2ncccc2c1. The Labute approximate surface area is 184 Å². The van der Waals surface area contributed by atoms with Crippen molar-refractivity contribution in [3.05, 3.63) is 89.4 Å². The number of amidine groups is 1. The molecule has 1 amide bonds. The number of nitrogens with zero attached hydrogens (tertiary/aromatic N) is 3. The summed E-state index contributed by atoms with van der Waals surface area (Å²) in [7, 11) is 1.95. The largest absolute Gasteiger partial charge is 0.337 e. The third-order valence-electron chi connectivity index (χ3n) is 4.64. The van der Waals surface area contributed by atoms with E-state index < -0.39 is 0 Å². The molecule has 0 saturated carbocycles. The first kappa shape index (κ1) is 20.3. The second-order valence-electron chi connectivity index (χ2n) is 6.57. The maximum absolute atomic E-state index is 12.4. The lowest BCUT2D eigenvalue weighted by Crippen LogP contribution is -2.29. The van der Waals surface area contributed by atoms with Gasteiger partial charge in [-0.15, -0.1) is 6.58 Å². The quantitative estimate of drug-likeness (QED) is 0.438. The van der Waals surface area contributed by atoms with Crippen LogP contribution >= 0.6 is 23.5 Å². The summed E-state index contributed by atoms with van der Waals surface area (Å²) in [6.07, 6.45) is 3.45. The second kappa shape index (κ2) is 8.77. The molecule has 2 aliphatic rings. The van der Waals surface area contributed by atoms with Crippen LogP contribution in [-0.4, -0.2) is 34.6 Å². The summed E-state index contributed by atoms with van der Waals surface area (Å²) in [6.45, 7) is 4.01. The van der Waals surface area contributed by atoms with Gasteiger partial charge in [0.2, 0.25) is 0 Å². The monoisotopic (exact) mass is 432 g/mol. The van der Waals surface area contributed by atoms with Crippen LogP contribution in [0.2, 0.25) is 0 Å². The molecule has 0 atom stereocenters. The molecule has 3 heterocycles. The number of carbonyl (C=O) groups is 1. The zero-order valence-corrected chi connectivity index (χ0v) is 18.0. The van der Waals surface area contributed by atoms with Gasteiger partial charge in [-0.05, 0) is 36.0 Å². The van der Waals surface area contributed by atoms with Crippen molar-refractivity contribution in [3.63, 3.8) is 0 Å². The first-order valence-corrected chi connectivity index (χ1v) is 11.0. The van der Waals surface area contributed by atoms with Crippen molar-refractivity contribution in [2.75, 3.05) is 18.5 Å². The van der Waals surface area contributed by atoms with Crippen molar-refractivity contribution in [2.45, 2.75) is 4.90 Å². The molecule has 0 bridgehead atoms. The van der Waals surface area contributed by atoms with Gasteiger partial charge in [-0.2, -0.15) is 0 Å². The van der Waals surface area contributed by atoms with Crippen molar-refractivity contribution >= 4 is 51.2 Å². The number of nitrogens with one attached hydrogen (secondary N) is 1. The molecule has 1 fully saturated rings. The molecule has 2 aliphatic heterocycles. The van der Waals surface area contributed by atoms with Crippen LogP contribution in [-0.2, 0) is 4.79 Å². The van der Waals surface area contributed by atoms with E-state index in [1.54, 1.807) is 17.8 Å². The van der Waals surface area contributed by atoms with Crippen LogP contribution < -0.4 is 4.90 Å². The number of pyridine rings is 1. The molecule has 150 valence electrons. The van der Waals surface area contributed by atoms with Crippen molar-refractivity contribution in [1.82, 2.24) is 9.88 Å². The first-order chi connectivity index (χ1) is 14.6. The van der Waals surface area contributed by atoms with Gasteiger partial charge in [-0.1, -0.05) is 54.2 Å². The Morgan fingerprint density at radius 3 is 2.57 bits per heavy atom. The standard InChI is InChI=1S/C14H13N3OS2.C9H7N/c1-3-8-17-12(18)11(20-14(17)15)13-16(2)9-6-4-5-7-10(9)19-13;1-2-6-9-8(4-1)5-3-7-10-9/h3-7,15H,1,8H2,2H3;1-7H/b13-11-,15-14?;. The van der Waals surface area contributed by atoms with Gasteiger partial charge < -0.3 is 4.90 Å². The number of hydrogen-bond acceptors (Lipinski definition) is 6. The highest BCUT2D eigenvalue weighted by Gasteiger charge is 2.37. The van der Waals surface area contributed by atoms with E-state index in [1.807, 2.05) is 66.7 Å². The Morgan fingerprint density at radius 1 is 1.07 bits per heavy atom. The van der Waals surface area contributed by atoms with Crippen molar-refractivity contribution < 1.29 is 4.79 Å². The second-order valence-corrected chi connectivity index (χ2v) is 8.60. The van der Waals surface area contributed by atoms with Crippen LogP contribution in [0.3, 0.4) is 0 Å². The van der Waals surface area contributed by atoms with E-state index in [2.05, 4.69) is 23.7 Å². The maximum atomic E-state index is 12.4. The fourth-order valence-corrected chi connectivity index (χ4v) is 5.37. The highest BCUT2D eigenvalue weighted by Crippen LogP contribution is 2.49. The smallest absolute Gasteiger partial charge is 0.269 e. The Balaban J connectivity index is 0.000000181. The predicted octanol–water partition coefficient (Wildman–Crippen LogP) is 5.33. The molecule has 0 unspecified atom stereocenters. The minimum Gasteiger partial charge on any atom is -0.337 e. The molecule has 1 N–H and O–H groups in total. The van der Waals surface area contributed by atoms with Crippen LogP contribution in [0.5, 0.6) is 0 Å². The van der Waals surface area contributed by atoms with Gasteiger partial charge >= 0.3 is 0 Å². The van der Waals surface area contributed by atoms with Gasteiger partial charge in [0.1, 0.15) is 4.91 Å². The molecule has 30 heavy (non-hydrogen) atoms. The number of thioether (sulfide) groups is 2. The average Bonchev–Trinajstić information content (AvgIpc) is 3.26. The lowest BCUT2D eigenvalue weighted by Gasteiger charge is -2.15. The molecule has 2 aromatic carbocycles. The Hall–Kier alpha value is -3.03. The molecule has 7 heteroatoms. The molecule has 5 rings (SSSR count). The molecule has 3 aromatic rings. The summed E-state index contributed by atoms with van der Waals surface area (Å²) in [5, 5.41) is 10.3. The molecule has 5 nitrogen and oxygen atoms in total. The third-order valence-corrected chi connectivity index (χ3v) is 6.99. The predicted molar refractivity (Wildman–Crippen MR) is 127 cm³/mol. The summed E-state index contributed by atoms with van der Waals surface area (Å²) < 4.78 is 0. The highest BCUT2D eigenvalue weighted by molar-refractivity contribution is 8.19. The summed E-state index contributed by atoms with van der Waals surface area (Å²) in [6, 6.07) is 20.1. The van der Waals surface area contributed by atoms with Gasteiger partial charge in [0.05, 0.1) is 16.2 Å². The number of aromatic nitrogens is 1. The Kier molecular flexibility index (Phi) is 5.92. The van der Waals surface area contributed by atoms with Crippen molar-refractivity contribution in [1.29, 1.82) is 5.41 Å². The molecule has 0 aliphatic carbocycles. The zero-order valence-electron chi connectivity index (χ0n) is 16.4. The van der Waals surface area contributed by atoms with Crippen LogP contribution in [0.1, 0.15) is 0 Å². The fraction of sp³-hybridized carbons (Fsp3) is 0.0870. The summed E-state index contributed by atoms with van der Waals surface area (Å²) in [5.74, 6) is -0.109. The van der Waals surface area contributed by atoms with E-state index in [0.29, 0.717) is 11.4 Å². The van der Waals surface area contributed by atoms with Gasteiger partial charge in [-0.25, -0.2) is 0 Å². The number of para-hydroxylation sites is 2. The normalized spacial score (nSPS) is 17.8. The summed E-state index contributed by atoms with van der Waals surface area (Å²) >= 11 is 2.80. The Morgan fingerprint density at radius 2 is 1.80 bits per heavy atom. The zero-order chi connectivity index (χ0) is 21.1. The lowest BCUT2D eigenvalue weighted by molar-refractivity contribution is -0.121. The first-order valence-electron chi connectivity index (χ1n) is 9.34. The number of carbonyl (C=O) groups excluding carboxylic acids is 1. The molecule has 0 spiro atoms. The molecule has 1 aromatic heterocycles. The molecular formula is C23H20N4OS2. The number of amides is 1. The highest BCUT2D eigenvalue weighted by atomic mass is 32.2. The summed E-state index contributed by atoms with van der Waals surface area (Å²) in [4.78, 5) is 21.8. The summed E-state index contributed by atoms with van der Waals surface area (Å²) in [5.41, 5.74) is 2.16. The fourth-order valence-electron chi connectivity index (χ4n) is 3.16. The van der Waals surface area contributed by atoms with Crippen LogP contribution in [0, 0.1) is 5.41 Å². The van der Waals surface area contributed by atoms with E-state index in [9.17, 15) is 4.79 Å². The average molecular weight is 433 g/mol. The maximum Gasteiger partial charge on any atom is 0.269 e. The number of hydrogen-bond donors (Lipinski definition) is 1. The minimum atomic E-state index is -0.109. The Bertz CT molecular complexity index is 1110. The third kappa shape index (κ3) is 3.86. The van der Waals surface area contributed by atoms with Gasteiger partial charge in [0, 0.05) is 30.1 Å². The number of fused-ring (bicyclic) bond motifs is 2. The van der Waals surface area contributed by atoms with Gasteiger partial charge in [0.15, 0.2) is 5.17 Å². The molecule has 0 radical (unpaired) electrons. The van der Waals surface area contributed by atoms with E-state index in [-0.39, 0.29) is 11.1 Å².